The van der Waals surface area contributed by atoms with E-state index >= 15 is 0 Å². The number of rotatable bonds is 5. The summed E-state index contributed by atoms with van der Waals surface area (Å²) < 4.78 is 10.5. The summed E-state index contributed by atoms with van der Waals surface area (Å²) in [7, 11) is 1.62. The number of imidazole rings is 1. The highest BCUT2D eigenvalue weighted by Gasteiger charge is 2.06. The number of nitrogens with one attached hydrogen (secondary N) is 2. The molecule has 0 spiro atoms. The minimum atomic E-state index is 0.379. The van der Waals surface area contributed by atoms with E-state index in [0.29, 0.717) is 19.0 Å². The molecule has 98 valence electrons. The molecular formula is C13H14N4O2. The molecule has 0 aliphatic carbocycles. The number of nitrogens with zero attached hydrogens (tertiary/aromatic N) is 2. The van der Waals surface area contributed by atoms with Crippen LogP contribution in [0.4, 0.5) is 5.69 Å². The number of anilines is 1. The Morgan fingerprint density at radius 2 is 2.37 bits per heavy atom. The summed E-state index contributed by atoms with van der Waals surface area (Å²) in [6.07, 6.45) is 3.53. The van der Waals surface area contributed by atoms with Gasteiger partial charge in [-0.25, -0.2) is 9.97 Å². The summed E-state index contributed by atoms with van der Waals surface area (Å²) in [4.78, 5) is 11.5. The molecular weight excluding hydrogens is 244 g/mol. The molecule has 2 heterocycles. The van der Waals surface area contributed by atoms with Gasteiger partial charge in [-0.2, -0.15) is 0 Å². The molecule has 0 fully saturated rings. The zero-order valence-corrected chi connectivity index (χ0v) is 10.5. The van der Waals surface area contributed by atoms with Gasteiger partial charge >= 0.3 is 0 Å². The van der Waals surface area contributed by atoms with E-state index in [1.165, 1.54) is 0 Å². The largest absolute Gasteiger partial charge is 0.438 e. The van der Waals surface area contributed by atoms with Crippen LogP contribution in [0.5, 0.6) is 0 Å². The van der Waals surface area contributed by atoms with Crippen molar-refractivity contribution in [3.8, 4) is 0 Å². The van der Waals surface area contributed by atoms with E-state index in [0.717, 1.165) is 22.6 Å². The molecule has 19 heavy (non-hydrogen) atoms. The lowest BCUT2D eigenvalue weighted by atomic mass is 10.3. The van der Waals surface area contributed by atoms with Gasteiger partial charge in [0.05, 0.1) is 6.54 Å². The second-order valence-corrected chi connectivity index (χ2v) is 4.11. The molecule has 0 amide bonds. The normalized spacial score (nSPS) is 11.0. The fraction of sp³-hybridized carbons (Fsp3) is 0.231. The fourth-order valence-electron chi connectivity index (χ4n) is 1.85. The van der Waals surface area contributed by atoms with Crippen LogP contribution >= 0.6 is 0 Å². The lowest BCUT2D eigenvalue weighted by Crippen LogP contribution is -2.00. The fourth-order valence-corrected chi connectivity index (χ4v) is 1.85. The van der Waals surface area contributed by atoms with Crippen molar-refractivity contribution in [2.45, 2.75) is 13.2 Å². The molecule has 6 nitrogen and oxygen atoms in total. The summed E-state index contributed by atoms with van der Waals surface area (Å²) >= 11 is 0. The molecule has 0 unspecified atom stereocenters. The van der Waals surface area contributed by atoms with Crippen molar-refractivity contribution in [2.75, 3.05) is 12.4 Å². The number of ether oxygens (including phenoxy) is 1. The molecule has 0 saturated carbocycles. The molecule has 0 radical (unpaired) electrons. The lowest BCUT2D eigenvalue weighted by Gasteiger charge is -2.03. The topological polar surface area (TPSA) is 76.0 Å². The zero-order chi connectivity index (χ0) is 13.1. The average molecular weight is 258 g/mol. The highest BCUT2D eigenvalue weighted by Crippen LogP contribution is 2.20. The Hall–Kier alpha value is -2.34. The van der Waals surface area contributed by atoms with Crippen LogP contribution in [-0.2, 0) is 17.9 Å². The second-order valence-electron chi connectivity index (χ2n) is 4.11. The smallest absolute Gasteiger partial charge is 0.221 e. The first-order chi connectivity index (χ1) is 9.35. The molecule has 3 aromatic rings. The number of hydrogen-bond donors (Lipinski definition) is 2. The third-order valence-corrected chi connectivity index (χ3v) is 2.71. The number of fused-ring (bicyclic) bond motifs is 1. The van der Waals surface area contributed by atoms with Crippen molar-refractivity contribution in [1.82, 2.24) is 15.0 Å². The van der Waals surface area contributed by atoms with Crippen molar-refractivity contribution < 1.29 is 9.15 Å². The Balaban J connectivity index is 1.77. The van der Waals surface area contributed by atoms with Gasteiger partial charge in [-0.1, -0.05) is 0 Å². The van der Waals surface area contributed by atoms with Gasteiger partial charge in [-0.15, -0.1) is 0 Å². The standard InChI is InChI=1S/C13H14N4O2/c1-18-8-13-17-10-6-9(2-3-11(10)19-13)16-7-12-14-4-5-15-12/h2-6,16H,7-8H2,1H3,(H,14,15). The first kappa shape index (κ1) is 11.7. The maximum absolute atomic E-state index is 5.53. The summed E-state index contributed by atoms with van der Waals surface area (Å²) in [5.41, 5.74) is 2.55. The molecule has 3 rings (SSSR count). The van der Waals surface area contributed by atoms with Crippen LogP contribution < -0.4 is 5.32 Å². The van der Waals surface area contributed by atoms with Gasteiger partial charge in [-0.05, 0) is 18.2 Å². The molecule has 0 atom stereocenters. The van der Waals surface area contributed by atoms with Gasteiger partial charge in [0.25, 0.3) is 0 Å². The number of benzene rings is 1. The molecule has 0 bridgehead atoms. The van der Waals surface area contributed by atoms with E-state index in [1.54, 1.807) is 19.5 Å². The van der Waals surface area contributed by atoms with Crippen molar-refractivity contribution >= 4 is 16.8 Å². The maximum atomic E-state index is 5.53. The van der Waals surface area contributed by atoms with Gasteiger partial charge in [0.2, 0.25) is 5.89 Å². The number of oxazole rings is 1. The van der Waals surface area contributed by atoms with Crippen LogP contribution in [0.3, 0.4) is 0 Å². The second kappa shape index (κ2) is 5.11. The van der Waals surface area contributed by atoms with Crippen molar-refractivity contribution in [2.24, 2.45) is 0 Å². The van der Waals surface area contributed by atoms with E-state index in [4.69, 9.17) is 9.15 Å². The molecule has 6 heteroatoms. The SMILES string of the molecule is COCc1nc2cc(NCc3ncc[nH]3)ccc2o1. The third-order valence-electron chi connectivity index (χ3n) is 2.71. The van der Waals surface area contributed by atoms with Crippen LogP contribution in [-0.4, -0.2) is 22.1 Å². The third kappa shape index (κ3) is 2.58. The Morgan fingerprint density at radius 3 is 3.16 bits per heavy atom. The van der Waals surface area contributed by atoms with E-state index < -0.39 is 0 Å². The lowest BCUT2D eigenvalue weighted by molar-refractivity contribution is 0.161. The van der Waals surface area contributed by atoms with Gasteiger partial charge in [0, 0.05) is 25.2 Å². The summed E-state index contributed by atoms with van der Waals surface area (Å²) in [5, 5.41) is 3.27. The molecule has 0 aliphatic heterocycles. The number of hydrogen-bond acceptors (Lipinski definition) is 5. The Labute approximate surface area is 109 Å². The first-order valence-electron chi connectivity index (χ1n) is 5.95. The minimum absolute atomic E-state index is 0.379. The average Bonchev–Trinajstić information content (AvgIpc) is 3.05. The Bertz CT molecular complexity index is 660. The van der Waals surface area contributed by atoms with Gasteiger partial charge in [0.15, 0.2) is 5.58 Å². The van der Waals surface area contributed by atoms with Gasteiger partial charge in [-0.3, -0.25) is 0 Å². The number of methoxy groups -OCH3 is 1. The summed E-state index contributed by atoms with van der Waals surface area (Å²) in [5.74, 6) is 1.47. The molecule has 0 aliphatic rings. The highest BCUT2D eigenvalue weighted by atomic mass is 16.5. The van der Waals surface area contributed by atoms with Crippen LogP contribution in [0.15, 0.2) is 35.0 Å². The Kier molecular flexibility index (Phi) is 3.16. The minimum Gasteiger partial charge on any atom is -0.438 e. The highest BCUT2D eigenvalue weighted by molar-refractivity contribution is 5.77. The molecule has 0 saturated heterocycles. The number of aromatic nitrogens is 3. The van der Waals surface area contributed by atoms with E-state index in [1.807, 2.05) is 18.2 Å². The molecule has 2 aromatic heterocycles. The summed E-state index contributed by atoms with van der Waals surface area (Å²) in [6, 6.07) is 5.79. The van der Waals surface area contributed by atoms with Crippen molar-refractivity contribution in [1.29, 1.82) is 0 Å². The van der Waals surface area contributed by atoms with Crippen LogP contribution in [0.25, 0.3) is 11.1 Å². The van der Waals surface area contributed by atoms with Crippen molar-refractivity contribution in [3.63, 3.8) is 0 Å². The molecule has 1 aromatic carbocycles. The number of aromatic amines is 1. The zero-order valence-electron chi connectivity index (χ0n) is 10.5. The van der Waals surface area contributed by atoms with Crippen molar-refractivity contribution in [3.05, 3.63) is 42.3 Å². The van der Waals surface area contributed by atoms with Crippen LogP contribution in [0.1, 0.15) is 11.7 Å². The molecule has 2 N–H and O–H groups in total. The van der Waals surface area contributed by atoms with Crippen LogP contribution in [0, 0.1) is 0 Å². The van der Waals surface area contributed by atoms with Gasteiger partial charge < -0.3 is 19.5 Å². The van der Waals surface area contributed by atoms with E-state index in [-0.39, 0.29) is 0 Å². The quantitative estimate of drug-likeness (QED) is 0.734. The van der Waals surface area contributed by atoms with E-state index in [9.17, 15) is 0 Å². The van der Waals surface area contributed by atoms with Crippen LogP contribution in [0.2, 0.25) is 0 Å². The summed E-state index contributed by atoms with van der Waals surface area (Å²) in [6.45, 7) is 1.02. The number of H-pyrrole nitrogens is 1. The predicted molar refractivity (Wildman–Crippen MR) is 70.6 cm³/mol. The monoisotopic (exact) mass is 258 g/mol. The van der Waals surface area contributed by atoms with Gasteiger partial charge in [0.1, 0.15) is 17.9 Å². The predicted octanol–water partition coefficient (Wildman–Crippen LogP) is 2.31. The first-order valence-corrected chi connectivity index (χ1v) is 5.95. The van der Waals surface area contributed by atoms with E-state index in [2.05, 4.69) is 20.3 Å². The maximum Gasteiger partial charge on any atom is 0.221 e. The Morgan fingerprint density at radius 1 is 1.42 bits per heavy atom.